The monoisotopic (exact) mass is 556 g/mol. The Balaban J connectivity index is 1.50. The predicted molar refractivity (Wildman–Crippen MR) is 158 cm³/mol. The number of ether oxygens (including phenoxy) is 1. The van der Waals surface area contributed by atoms with E-state index in [4.69, 9.17) is 15.1 Å². The van der Waals surface area contributed by atoms with Crippen LogP contribution in [0.1, 0.15) is 76.5 Å². The van der Waals surface area contributed by atoms with Gasteiger partial charge in [0.1, 0.15) is 22.9 Å². The molecule has 2 aliphatic rings. The summed E-state index contributed by atoms with van der Waals surface area (Å²) >= 11 is 0. The second-order valence-electron chi connectivity index (χ2n) is 11.7. The molecule has 1 aromatic carbocycles. The van der Waals surface area contributed by atoms with E-state index < -0.39 is 11.7 Å². The minimum absolute atomic E-state index is 0.00341. The first kappa shape index (κ1) is 28.2. The maximum atomic E-state index is 13.1. The van der Waals surface area contributed by atoms with Crippen LogP contribution in [0.3, 0.4) is 0 Å². The van der Waals surface area contributed by atoms with Gasteiger partial charge in [-0.25, -0.2) is 9.78 Å². The molecule has 5 rings (SSSR count). The maximum absolute atomic E-state index is 13.1. The number of rotatable bonds is 6. The summed E-state index contributed by atoms with van der Waals surface area (Å²) in [5.41, 5.74) is 1.76. The summed E-state index contributed by atoms with van der Waals surface area (Å²) in [6.07, 6.45) is 6.49. The summed E-state index contributed by atoms with van der Waals surface area (Å²) in [5, 5.41) is 28.5. The fraction of sp³-hybridized carbons (Fsp3) is 0.467. The van der Waals surface area contributed by atoms with Gasteiger partial charge in [0.05, 0.1) is 5.69 Å². The van der Waals surface area contributed by atoms with E-state index in [2.05, 4.69) is 20.9 Å². The van der Waals surface area contributed by atoms with E-state index in [-0.39, 0.29) is 23.1 Å². The van der Waals surface area contributed by atoms with E-state index >= 15 is 0 Å². The van der Waals surface area contributed by atoms with Gasteiger partial charge in [-0.1, -0.05) is 12.8 Å². The molecule has 11 nitrogen and oxygen atoms in total. The van der Waals surface area contributed by atoms with Gasteiger partial charge in [0.15, 0.2) is 0 Å². The van der Waals surface area contributed by atoms with Crippen molar-refractivity contribution in [3.8, 4) is 6.07 Å². The first-order valence-electron chi connectivity index (χ1n) is 14.2. The summed E-state index contributed by atoms with van der Waals surface area (Å²) in [4.78, 5) is 34.9. The predicted octanol–water partition coefficient (Wildman–Crippen LogP) is 5.24. The number of piperidine rings is 1. The lowest BCUT2D eigenvalue weighted by Gasteiger charge is -2.25. The molecule has 3 heterocycles. The standard InChI is InChI=1S/C30H36N8O3/c1-30(2,3)41-29(40)36-24-9-8-21(15-23(24)25(32)18-10-12-33-13-11-18)35-28-34-17-20-14-19(16-31)27(39)38(26(20)37-28)22-6-4-5-7-22/h8-9,14-15,17-18,22,32-33H,4-7,10-13H2,1-3H3,(H,36,40)(H,34,35,37). The molecular weight excluding hydrogens is 520 g/mol. The number of carbonyl (C=O) groups excluding carboxylic acids is 1. The largest absolute Gasteiger partial charge is 0.444 e. The zero-order valence-corrected chi connectivity index (χ0v) is 23.7. The van der Waals surface area contributed by atoms with E-state index in [1.807, 2.05) is 12.1 Å². The number of fused-ring (bicyclic) bond motifs is 1. The molecule has 0 bridgehead atoms. The number of hydrogen-bond donors (Lipinski definition) is 4. The van der Waals surface area contributed by atoms with Gasteiger partial charge < -0.3 is 20.8 Å². The highest BCUT2D eigenvalue weighted by Crippen LogP contribution is 2.32. The molecule has 4 N–H and O–H groups in total. The maximum Gasteiger partial charge on any atom is 0.412 e. The van der Waals surface area contributed by atoms with Crippen LogP contribution >= 0.6 is 0 Å². The first-order chi connectivity index (χ1) is 19.6. The zero-order valence-electron chi connectivity index (χ0n) is 23.7. The molecule has 0 unspecified atom stereocenters. The molecule has 214 valence electrons. The van der Waals surface area contributed by atoms with Crippen LogP contribution in [0, 0.1) is 22.7 Å². The number of benzene rings is 1. The summed E-state index contributed by atoms with van der Waals surface area (Å²) in [6, 6.07) is 8.89. The number of hydrogen-bond acceptors (Lipinski definition) is 9. The highest BCUT2D eigenvalue weighted by Gasteiger charge is 2.25. The number of amides is 1. The Morgan fingerprint density at radius 2 is 1.90 bits per heavy atom. The Morgan fingerprint density at radius 1 is 1.17 bits per heavy atom. The fourth-order valence-corrected chi connectivity index (χ4v) is 5.59. The van der Waals surface area contributed by atoms with Gasteiger partial charge in [0.2, 0.25) is 5.95 Å². The van der Waals surface area contributed by atoms with E-state index in [0.29, 0.717) is 39.6 Å². The summed E-state index contributed by atoms with van der Waals surface area (Å²) in [6.45, 7) is 7.07. The smallest absolute Gasteiger partial charge is 0.412 e. The minimum atomic E-state index is -0.658. The molecule has 1 saturated heterocycles. The van der Waals surface area contributed by atoms with Crippen LogP contribution in [0.15, 0.2) is 35.3 Å². The Hall–Kier alpha value is -4.30. The van der Waals surface area contributed by atoms with E-state index in [9.17, 15) is 14.9 Å². The van der Waals surface area contributed by atoms with Gasteiger partial charge in [0.25, 0.3) is 5.56 Å². The van der Waals surface area contributed by atoms with Crippen molar-refractivity contribution < 1.29 is 9.53 Å². The van der Waals surface area contributed by atoms with Crippen LogP contribution in [0.2, 0.25) is 0 Å². The summed E-state index contributed by atoms with van der Waals surface area (Å²) in [7, 11) is 0. The van der Waals surface area contributed by atoms with Crippen molar-refractivity contribution in [3.05, 3.63) is 51.9 Å². The number of aromatic nitrogens is 3. The topological polar surface area (TPSA) is 158 Å². The molecule has 1 aliphatic carbocycles. The minimum Gasteiger partial charge on any atom is -0.444 e. The molecule has 2 fully saturated rings. The molecule has 1 amide bonds. The number of nitriles is 1. The quantitative estimate of drug-likeness (QED) is 0.300. The number of nitrogens with zero attached hydrogens (tertiary/aromatic N) is 4. The molecule has 0 spiro atoms. The van der Waals surface area contributed by atoms with Gasteiger partial charge in [-0.3, -0.25) is 14.7 Å². The van der Waals surface area contributed by atoms with Crippen molar-refractivity contribution in [2.45, 2.75) is 70.9 Å². The zero-order chi connectivity index (χ0) is 29.1. The molecule has 1 saturated carbocycles. The van der Waals surface area contributed by atoms with Gasteiger partial charge in [0, 0.05) is 40.5 Å². The van der Waals surface area contributed by atoms with E-state index in [1.165, 1.54) is 0 Å². The lowest BCUT2D eigenvalue weighted by atomic mass is 9.88. The lowest BCUT2D eigenvalue weighted by Crippen LogP contribution is -2.32. The summed E-state index contributed by atoms with van der Waals surface area (Å²) < 4.78 is 7.11. The highest BCUT2D eigenvalue weighted by molar-refractivity contribution is 6.07. The molecule has 3 aromatic rings. The van der Waals surface area contributed by atoms with Crippen molar-refractivity contribution in [2.75, 3.05) is 23.7 Å². The molecular formula is C30H36N8O3. The van der Waals surface area contributed by atoms with Crippen molar-refractivity contribution in [3.63, 3.8) is 0 Å². The van der Waals surface area contributed by atoms with E-state index in [0.717, 1.165) is 51.6 Å². The van der Waals surface area contributed by atoms with Crippen molar-refractivity contribution in [2.24, 2.45) is 5.92 Å². The van der Waals surface area contributed by atoms with Crippen LogP contribution in [0.25, 0.3) is 11.0 Å². The van der Waals surface area contributed by atoms with Crippen LogP contribution in [-0.4, -0.2) is 45.0 Å². The Kier molecular flexibility index (Phi) is 8.03. The molecule has 1 aliphatic heterocycles. The fourth-order valence-electron chi connectivity index (χ4n) is 5.59. The first-order valence-corrected chi connectivity index (χ1v) is 14.2. The van der Waals surface area contributed by atoms with Crippen molar-refractivity contribution >= 4 is 40.2 Å². The van der Waals surface area contributed by atoms with Gasteiger partial charge >= 0.3 is 6.09 Å². The highest BCUT2D eigenvalue weighted by atomic mass is 16.6. The van der Waals surface area contributed by atoms with Crippen LogP contribution in [0.4, 0.5) is 22.1 Å². The molecule has 0 atom stereocenters. The number of anilines is 3. The average Bonchev–Trinajstić information content (AvgIpc) is 3.47. The van der Waals surface area contributed by atoms with Gasteiger partial charge in [-0.15, -0.1) is 0 Å². The molecule has 2 aromatic heterocycles. The third-order valence-corrected chi connectivity index (χ3v) is 7.53. The van der Waals surface area contributed by atoms with Crippen LogP contribution < -0.4 is 21.5 Å². The van der Waals surface area contributed by atoms with Gasteiger partial charge in [-0.05, 0) is 83.8 Å². The molecule has 41 heavy (non-hydrogen) atoms. The number of carbonyl (C=O) groups is 1. The van der Waals surface area contributed by atoms with Crippen molar-refractivity contribution in [1.82, 2.24) is 19.9 Å². The second kappa shape index (κ2) is 11.7. The third-order valence-electron chi connectivity index (χ3n) is 7.53. The van der Waals surface area contributed by atoms with Crippen LogP contribution in [0.5, 0.6) is 0 Å². The van der Waals surface area contributed by atoms with Crippen LogP contribution in [-0.2, 0) is 4.74 Å². The third kappa shape index (κ3) is 6.38. The Morgan fingerprint density at radius 3 is 2.59 bits per heavy atom. The Labute approximate surface area is 238 Å². The SMILES string of the molecule is CC(C)(C)OC(=O)Nc1ccc(Nc2ncc3cc(C#N)c(=O)n(C4CCCC4)c3n2)cc1C(=N)C1CCNCC1. The van der Waals surface area contributed by atoms with Crippen molar-refractivity contribution in [1.29, 1.82) is 10.7 Å². The Bertz CT molecular complexity index is 1570. The molecule has 0 radical (unpaired) electrons. The second-order valence-corrected chi connectivity index (χ2v) is 11.7. The molecule has 11 heteroatoms. The van der Waals surface area contributed by atoms with E-state index in [1.54, 1.807) is 49.7 Å². The van der Waals surface area contributed by atoms with Gasteiger partial charge in [-0.2, -0.15) is 10.2 Å². The average molecular weight is 557 g/mol. The number of nitrogens with one attached hydrogen (secondary N) is 4. The number of pyridine rings is 1. The lowest BCUT2D eigenvalue weighted by molar-refractivity contribution is 0.0636. The normalized spacial score (nSPS) is 16.3. The summed E-state index contributed by atoms with van der Waals surface area (Å²) in [5.74, 6) is 0.346.